The number of ether oxygens (including phenoxy) is 2. The third kappa shape index (κ3) is 4.25. The highest BCUT2D eigenvalue weighted by atomic mass is 35.5. The fourth-order valence-electron chi connectivity index (χ4n) is 2.76. The molecule has 2 rings (SSSR count). The van der Waals surface area contributed by atoms with E-state index in [1.54, 1.807) is 19.1 Å². The zero-order chi connectivity index (χ0) is 18.6. The van der Waals surface area contributed by atoms with Gasteiger partial charge in [0.1, 0.15) is 0 Å². The highest BCUT2D eigenvalue weighted by Gasteiger charge is 2.31. The minimum Gasteiger partial charge on any atom is -0.490 e. The minimum atomic E-state index is -0.641. The van der Waals surface area contributed by atoms with E-state index in [1.807, 2.05) is 13.8 Å². The molecule has 6 nitrogen and oxygen atoms in total. The van der Waals surface area contributed by atoms with Gasteiger partial charge in [0.25, 0.3) is 0 Å². The summed E-state index contributed by atoms with van der Waals surface area (Å²) in [6.45, 7) is 8.02. The first kappa shape index (κ1) is 19.1. The van der Waals surface area contributed by atoms with Gasteiger partial charge in [-0.15, -0.1) is 0 Å². The van der Waals surface area contributed by atoms with E-state index in [1.165, 1.54) is 6.92 Å². The van der Waals surface area contributed by atoms with Crippen LogP contribution in [0.5, 0.6) is 11.5 Å². The number of carbonyl (C=O) groups is 2. The van der Waals surface area contributed by atoms with Gasteiger partial charge in [0.05, 0.1) is 24.3 Å². The van der Waals surface area contributed by atoms with Gasteiger partial charge in [0.2, 0.25) is 0 Å². The molecule has 25 heavy (non-hydrogen) atoms. The van der Waals surface area contributed by atoms with Gasteiger partial charge in [0, 0.05) is 22.9 Å². The number of hydrogen-bond acceptors (Lipinski definition) is 4. The smallest absolute Gasteiger partial charge is 0.319 e. The number of carbonyl (C=O) groups excluding carboxylic acids is 2. The van der Waals surface area contributed by atoms with Crippen molar-refractivity contribution < 1.29 is 19.1 Å². The molecule has 7 heteroatoms. The Kier molecular flexibility index (Phi) is 6.31. The molecule has 0 spiro atoms. The van der Waals surface area contributed by atoms with Crippen molar-refractivity contribution in [3.05, 3.63) is 34.0 Å². The molecule has 0 aliphatic carbocycles. The zero-order valence-electron chi connectivity index (χ0n) is 14.9. The molecule has 1 heterocycles. The van der Waals surface area contributed by atoms with E-state index in [9.17, 15) is 9.59 Å². The summed E-state index contributed by atoms with van der Waals surface area (Å²) in [6, 6.07) is 2.37. The van der Waals surface area contributed by atoms with Crippen molar-refractivity contribution in [1.29, 1.82) is 0 Å². The Morgan fingerprint density at radius 2 is 1.92 bits per heavy atom. The van der Waals surface area contributed by atoms with Crippen LogP contribution in [-0.2, 0) is 4.79 Å². The van der Waals surface area contributed by atoms with Crippen molar-refractivity contribution in [2.75, 3.05) is 13.2 Å². The fraction of sp³-hybridized carbons (Fsp3) is 0.444. The Labute approximate surface area is 152 Å². The lowest BCUT2D eigenvalue weighted by molar-refractivity contribution is -0.114. The first-order valence-corrected chi connectivity index (χ1v) is 8.65. The molecule has 0 saturated heterocycles. The van der Waals surface area contributed by atoms with Crippen molar-refractivity contribution in [2.45, 2.75) is 40.2 Å². The maximum atomic E-state index is 12.1. The number of amides is 2. The number of rotatable bonds is 7. The van der Waals surface area contributed by atoms with Crippen LogP contribution in [0.3, 0.4) is 0 Å². The lowest BCUT2D eigenvalue weighted by atomic mass is 9.92. The topological polar surface area (TPSA) is 76.7 Å². The van der Waals surface area contributed by atoms with Gasteiger partial charge < -0.3 is 20.1 Å². The molecular formula is C18H23ClN2O4. The van der Waals surface area contributed by atoms with Crippen molar-refractivity contribution in [3.8, 4) is 11.5 Å². The first-order chi connectivity index (χ1) is 11.9. The molecule has 1 unspecified atom stereocenters. The van der Waals surface area contributed by atoms with Gasteiger partial charge in [-0.1, -0.05) is 18.5 Å². The van der Waals surface area contributed by atoms with Gasteiger partial charge in [-0.3, -0.25) is 4.79 Å². The summed E-state index contributed by atoms with van der Waals surface area (Å²) in [4.78, 5) is 24.0. The first-order valence-electron chi connectivity index (χ1n) is 8.27. The quantitative estimate of drug-likeness (QED) is 0.770. The number of halogens is 1. The summed E-state index contributed by atoms with van der Waals surface area (Å²) >= 11 is 6.44. The summed E-state index contributed by atoms with van der Waals surface area (Å²) in [5.41, 5.74) is 1.57. The number of Topliss-reactive ketones (excluding diaryl/α,β-unsaturated/α-hetero) is 1. The van der Waals surface area contributed by atoms with Crippen molar-refractivity contribution in [2.24, 2.45) is 0 Å². The molecule has 0 fully saturated rings. The summed E-state index contributed by atoms with van der Waals surface area (Å²) in [6.07, 6.45) is 0.853. The summed E-state index contributed by atoms with van der Waals surface area (Å²) in [5.74, 6) is 0.932. The van der Waals surface area contributed by atoms with E-state index >= 15 is 0 Å². The van der Waals surface area contributed by atoms with Crippen LogP contribution in [0.4, 0.5) is 4.79 Å². The van der Waals surface area contributed by atoms with Crippen molar-refractivity contribution in [1.82, 2.24) is 10.6 Å². The second kappa shape index (κ2) is 8.25. The van der Waals surface area contributed by atoms with E-state index in [2.05, 4.69) is 10.6 Å². The van der Waals surface area contributed by atoms with Crippen LogP contribution in [0.25, 0.3) is 0 Å². The molecular weight excluding hydrogens is 344 g/mol. The number of nitrogens with one attached hydrogen (secondary N) is 2. The molecule has 1 aromatic carbocycles. The number of allylic oxidation sites excluding steroid dienone is 1. The third-order valence-electron chi connectivity index (χ3n) is 3.78. The van der Waals surface area contributed by atoms with Gasteiger partial charge >= 0.3 is 6.03 Å². The average Bonchev–Trinajstić information content (AvgIpc) is 2.53. The molecule has 136 valence electrons. The minimum absolute atomic E-state index is 0.143. The highest BCUT2D eigenvalue weighted by Crippen LogP contribution is 2.39. The number of benzene rings is 1. The van der Waals surface area contributed by atoms with Crippen LogP contribution in [0, 0.1) is 0 Å². The van der Waals surface area contributed by atoms with E-state index < -0.39 is 6.04 Å². The standard InChI is InChI=1S/C18H23ClN2O4/c1-5-7-25-15-9-13(19)12(8-14(15)24-6-2)17-16(11(4)22)10(3)20-18(23)21-17/h8-9,17H,5-7H2,1-4H3,(H2,20,21,23). The lowest BCUT2D eigenvalue weighted by Gasteiger charge is -2.29. The molecule has 0 bridgehead atoms. The predicted molar refractivity (Wildman–Crippen MR) is 96.2 cm³/mol. The van der Waals surface area contributed by atoms with Crippen LogP contribution in [0.15, 0.2) is 23.4 Å². The van der Waals surface area contributed by atoms with E-state index in [0.29, 0.717) is 46.6 Å². The molecule has 2 N–H and O–H groups in total. The molecule has 1 aliphatic heterocycles. The highest BCUT2D eigenvalue weighted by molar-refractivity contribution is 6.31. The van der Waals surface area contributed by atoms with Crippen LogP contribution in [0.2, 0.25) is 5.02 Å². The Hall–Kier alpha value is -2.21. The number of ketones is 1. The summed E-state index contributed by atoms with van der Waals surface area (Å²) in [5, 5.41) is 5.77. The Morgan fingerprint density at radius 1 is 1.24 bits per heavy atom. The van der Waals surface area contributed by atoms with Crippen LogP contribution in [-0.4, -0.2) is 25.0 Å². The SMILES string of the molecule is CCCOc1cc(Cl)c(C2NC(=O)NC(C)=C2C(C)=O)cc1OCC. The molecule has 0 radical (unpaired) electrons. The average molecular weight is 367 g/mol. The fourth-order valence-corrected chi connectivity index (χ4v) is 3.02. The third-order valence-corrected chi connectivity index (χ3v) is 4.11. The van der Waals surface area contributed by atoms with Gasteiger partial charge in [-0.25, -0.2) is 4.79 Å². The van der Waals surface area contributed by atoms with Gasteiger partial charge in [-0.2, -0.15) is 0 Å². The van der Waals surface area contributed by atoms with Crippen molar-refractivity contribution >= 4 is 23.4 Å². The monoisotopic (exact) mass is 366 g/mol. The van der Waals surface area contributed by atoms with Crippen LogP contribution in [0.1, 0.15) is 45.7 Å². The normalized spacial score (nSPS) is 17.0. The van der Waals surface area contributed by atoms with E-state index in [4.69, 9.17) is 21.1 Å². The van der Waals surface area contributed by atoms with Gasteiger partial charge in [0.15, 0.2) is 17.3 Å². The maximum absolute atomic E-state index is 12.1. The largest absolute Gasteiger partial charge is 0.490 e. The number of urea groups is 1. The lowest BCUT2D eigenvalue weighted by Crippen LogP contribution is -2.44. The molecule has 1 aromatic rings. The van der Waals surface area contributed by atoms with E-state index in [0.717, 1.165) is 6.42 Å². The van der Waals surface area contributed by atoms with Crippen LogP contribution >= 0.6 is 11.6 Å². The molecule has 1 aliphatic rings. The number of hydrogen-bond donors (Lipinski definition) is 2. The Bertz CT molecular complexity index is 715. The summed E-state index contributed by atoms with van der Waals surface area (Å²) < 4.78 is 11.3. The second-order valence-electron chi connectivity index (χ2n) is 5.73. The molecule has 2 amide bonds. The molecule has 1 atom stereocenters. The predicted octanol–water partition coefficient (Wildman–Crippen LogP) is 3.74. The van der Waals surface area contributed by atoms with Crippen molar-refractivity contribution in [3.63, 3.8) is 0 Å². The van der Waals surface area contributed by atoms with E-state index in [-0.39, 0.29) is 11.8 Å². The zero-order valence-corrected chi connectivity index (χ0v) is 15.6. The summed E-state index contributed by atoms with van der Waals surface area (Å²) in [7, 11) is 0. The van der Waals surface area contributed by atoms with Crippen LogP contribution < -0.4 is 20.1 Å². The Morgan fingerprint density at radius 3 is 2.52 bits per heavy atom. The maximum Gasteiger partial charge on any atom is 0.319 e. The van der Waals surface area contributed by atoms with Gasteiger partial charge in [-0.05, 0) is 33.3 Å². The second-order valence-corrected chi connectivity index (χ2v) is 6.14. The molecule has 0 aromatic heterocycles. The Balaban J connectivity index is 2.53. The molecule has 0 saturated carbocycles.